The molecule has 0 radical (unpaired) electrons. The van der Waals surface area contributed by atoms with Gasteiger partial charge in [0, 0.05) is 18.7 Å². The van der Waals surface area contributed by atoms with E-state index in [4.69, 9.17) is 9.47 Å². The van der Waals surface area contributed by atoms with E-state index in [0.29, 0.717) is 32.1 Å². The van der Waals surface area contributed by atoms with Crippen LogP contribution in [0.15, 0.2) is 36.4 Å². The highest BCUT2D eigenvalue weighted by Gasteiger charge is 2.26. The summed E-state index contributed by atoms with van der Waals surface area (Å²) in [5.41, 5.74) is 5.12. The summed E-state index contributed by atoms with van der Waals surface area (Å²) in [5, 5.41) is 9.53. The molecular formula is C19H19NO4. The molecule has 0 atom stereocenters. The van der Waals surface area contributed by atoms with Gasteiger partial charge in [0.2, 0.25) is 0 Å². The second-order valence-corrected chi connectivity index (χ2v) is 6.09. The fraction of sp³-hybridized carbons (Fsp3) is 0.316. The second-order valence-electron chi connectivity index (χ2n) is 6.09. The van der Waals surface area contributed by atoms with Gasteiger partial charge in [-0.1, -0.05) is 30.3 Å². The number of fused-ring (bicyclic) bond motifs is 3. The lowest BCUT2D eigenvalue weighted by molar-refractivity contribution is 0.0416. The molecule has 5 nitrogen and oxygen atoms in total. The van der Waals surface area contributed by atoms with Crippen LogP contribution in [0.5, 0.6) is 5.75 Å². The van der Waals surface area contributed by atoms with Crippen molar-refractivity contribution in [1.29, 1.82) is 0 Å². The van der Waals surface area contributed by atoms with E-state index in [-0.39, 0.29) is 12.7 Å². The molecule has 1 fully saturated rings. The monoisotopic (exact) mass is 325 g/mol. The van der Waals surface area contributed by atoms with Crippen molar-refractivity contribution in [3.8, 4) is 16.9 Å². The summed E-state index contributed by atoms with van der Waals surface area (Å²) in [4.78, 5) is 14.1. The number of morpholine rings is 1. The van der Waals surface area contributed by atoms with Crippen molar-refractivity contribution in [2.24, 2.45) is 0 Å². The van der Waals surface area contributed by atoms with E-state index < -0.39 is 0 Å². The standard InChI is InChI=1S/C19H19NO4/c21-12-13-9-15-11-14-3-1-2-4-16(14)18(15)17(10-13)24-19(22)20-5-7-23-8-6-20/h1-4,9-10,21H,5-8,11-12H2. The molecule has 0 saturated carbocycles. The smallest absolute Gasteiger partial charge is 0.410 e. The van der Waals surface area contributed by atoms with Crippen LogP contribution in [0.4, 0.5) is 4.79 Å². The van der Waals surface area contributed by atoms with Gasteiger partial charge in [0.25, 0.3) is 0 Å². The van der Waals surface area contributed by atoms with E-state index in [0.717, 1.165) is 28.7 Å². The minimum atomic E-state index is -0.361. The van der Waals surface area contributed by atoms with Crippen LogP contribution in [-0.4, -0.2) is 42.4 Å². The van der Waals surface area contributed by atoms with Gasteiger partial charge in [0.1, 0.15) is 5.75 Å². The first kappa shape index (κ1) is 15.2. The zero-order valence-electron chi connectivity index (χ0n) is 13.3. The Kier molecular flexibility index (Phi) is 3.96. The van der Waals surface area contributed by atoms with Crippen molar-refractivity contribution in [3.05, 3.63) is 53.1 Å². The predicted octanol–water partition coefficient (Wildman–Crippen LogP) is 2.58. The number of carbonyl (C=O) groups excluding carboxylic acids is 1. The number of rotatable bonds is 2. The van der Waals surface area contributed by atoms with Gasteiger partial charge in [-0.25, -0.2) is 4.79 Å². The number of nitrogens with zero attached hydrogens (tertiary/aromatic N) is 1. The fourth-order valence-corrected chi connectivity index (χ4v) is 3.38. The van der Waals surface area contributed by atoms with Gasteiger partial charge in [0.05, 0.1) is 19.8 Å². The van der Waals surface area contributed by atoms with E-state index >= 15 is 0 Å². The van der Waals surface area contributed by atoms with Crippen molar-refractivity contribution in [3.63, 3.8) is 0 Å². The molecule has 0 bridgehead atoms. The lowest BCUT2D eigenvalue weighted by Gasteiger charge is -2.26. The van der Waals surface area contributed by atoms with Crippen LogP contribution in [-0.2, 0) is 17.8 Å². The number of hydrogen-bond donors (Lipinski definition) is 1. The molecule has 1 aliphatic heterocycles. The van der Waals surface area contributed by atoms with Gasteiger partial charge in [-0.05, 0) is 34.7 Å². The van der Waals surface area contributed by atoms with Crippen molar-refractivity contribution in [2.45, 2.75) is 13.0 Å². The quantitative estimate of drug-likeness (QED) is 0.787. The van der Waals surface area contributed by atoms with E-state index in [9.17, 15) is 9.90 Å². The highest BCUT2D eigenvalue weighted by Crippen LogP contribution is 2.43. The molecule has 2 aromatic rings. The van der Waals surface area contributed by atoms with Gasteiger partial charge in [0.15, 0.2) is 0 Å². The first-order valence-corrected chi connectivity index (χ1v) is 8.15. The first-order valence-electron chi connectivity index (χ1n) is 8.15. The molecule has 1 heterocycles. The predicted molar refractivity (Wildman–Crippen MR) is 89.0 cm³/mol. The minimum absolute atomic E-state index is 0.0776. The number of hydrogen-bond acceptors (Lipinski definition) is 4. The Bertz CT molecular complexity index is 781. The Morgan fingerprint density at radius 3 is 2.75 bits per heavy atom. The molecule has 124 valence electrons. The molecule has 4 rings (SSSR count). The third-order valence-corrected chi connectivity index (χ3v) is 4.56. The summed E-state index contributed by atoms with van der Waals surface area (Å²) in [7, 11) is 0. The van der Waals surface area contributed by atoms with Crippen molar-refractivity contribution in [2.75, 3.05) is 26.3 Å². The first-order chi connectivity index (χ1) is 11.8. The maximum absolute atomic E-state index is 12.5. The van der Waals surface area contributed by atoms with Crippen LogP contribution in [0.1, 0.15) is 16.7 Å². The van der Waals surface area contributed by atoms with Crippen LogP contribution in [0.3, 0.4) is 0 Å². The van der Waals surface area contributed by atoms with Crippen LogP contribution >= 0.6 is 0 Å². The number of aliphatic hydroxyl groups is 1. The largest absolute Gasteiger partial charge is 0.415 e. The highest BCUT2D eigenvalue weighted by molar-refractivity contribution is 5.84. The number of amides is 1. The number of ether oxygens (including phenoxy) is 2. The van der Waals surface area contributed by atoms with E-state index in [2.05, 4.69) is 6.07 Å². The molecule has 24 heavy (non-hydrogen) atoms. The minimum Gasteiger partial charge on any atom is -0.410 e. The molecule has 2 aliphatic rings. The van der Waals surface area contributed by atoms with Gasteiger partial charge in [-0.3, -0.25) is 0 Å². The van der Waals surface area contributed by atoms with Gasteiger partial charge in [-0.2, -0.15) is 0 Å². The summed E-state index contributed by atoms with van der Waals surface area (Å²) < 4.78 is 11.0. The Balaban J connectivity index is 1.70. The summed E-state index contributed by atoms with van der Waals surface area (Å²) >= 11 is 0. The fourth-order valence-electron chi connectivity index (χ4n) is 3.38. The normalized spacial score (nSPS) is 15.8. The molecule has 1 saturated heterocycles. The molecule has 5 heteroatoms. The van der Waals surface area contributed by atoms with Crippen LogP contribution in [0, 0.1) is 0 Å². The second kappa shape index (κ2) is 6.26. The van der Waals surface area contributed by atoms with E-state index in [1.807, 2.05) is 24.3 Å². The Hall–Kier alpha value is -2.37. The maximum Gasteiger partial charge on any atom is 0.415 e. The molecule has 1 N–H and O–H groups in total. The highest BCUT2D eigenvalue weighted by atomic mass is 16.6. The number of aliphatic hydroxyl groups excluding tert-OH is 1. The van der Waals surface area contributed by atoms with Crippen LogP contribution < -0.4 is 4.74 Å². The molecule has 0 spiro atoms. The summed E-state index contributed by atoms with van der Waals surface area (Å²) in [6, 6.07) is 11.9. The van der Waals surface area contributed by atoms with Crippen molar-refractivity contribution < 1.29 is 19.4 Å². The van der Waals surface area contributed by atoms with Crippen LogP contribution in [0.25, 0.3) is 11.1 Å². The SMILES string of the molecule is O=C(Oc1cc(CO)cc2c1-c1ccccc1C2)N1CCOCC1. The molecule has 1 aliphatic carbocycles. The Morgan fingerprint density at radius 1 is 1.17 bits per heavy atom. The van der Waals surface area contributed by atoms with E-state index in [1.54, 1.807) is 11.0 Å². The lowest BCUT2D eigenvalue weighted by Crippen LogP contribution is -2.42. The topological polar surface area (TPSA) is 59.0 Å². The number of benzene rings is 2. The Morgan fingerprint density at radius 2 is 1.96 bits per heavy atom. The average molecular weight is 325 g/mol. The maximum atomic E-state index is 12.5. The third-order valence-electron chi connectivity index (χ3n) is 4.56. The van der Waals surface area contributed by atoms with E-state index in [1.165, 1.54) is 5.56 Å². The van der Waals surface area contributed by atoms with Gasteiger partial charge >= 0.3 is 6.09 Å². The molecule has 0 aromatic heterocycles. The van der Waals surface area contributed by atoms with Crippen molar-refractivity contribution >= 4 is 6.09 Å². The zero-order chi connectivity index (χ0) is 16.5. The molecule has 0 unspecified atom stereocenters. The van der Waals surface area contributed by atoms with Gasteiger partial charge < -0.3 is 19.5 Å². The molecular weight excluding hydrogens is 306 g/mol. The lowest BCUT2D eigenvalue weighted by atomic mass is 10.0. The number of carbonyl (C=O) groups is 1. The summed E-state index contributed by atoms with van der Waals surface area (Å²) in [6.07, 6.45) is 0.432. The van der Waals surface area contributed by atoms with Crippen LogP contribution in [0.2, 0.25) is 0 Å². The molecule has 1 amide bonds. The average Bonchev–Trinajstić information content (AvgIpc) is 3.00. The third kappa shape index (κ3) is 2.66. The van der Waals surface area contributed by atoms with Gasteiger partial charge in [-0.15, -0.1) is 0 Å². The Labute approximate surface area is 140 Å². The zero-order valence-corrected chi connectivity index (χ0v) is 13.3. The summed E-state index contributed by atoms with van der Waals surface area (Å²) in [5.74, 6) is 0.526. The molecule has 2 aromatic carbocycles. The van der Waals surface area contributed by atoms with Crippen molar-refractivity contribution in [1.82, 2.24) is 4.90 Å². The summed E-state index contributed by atoms with van der Waals surface area (Å²) in [6.45, 7) is 2.07.